The van der Waals surface area contributed by atoms with Crippen molar-refractivity contribution in [2.24, 2.45) is 17.8 Å². The molecule has 1 aliphatic rings. The minimum atomic E-state index is 0.699. The summed E-state index contributed by atoms with van der Waals surface area (Å²) in [6, 6.07) is 7.60. The molecular formula is C19H31N. The zero-order valence-electron chi connectivity index (χ0n) is 13.9. The molecule has 0 radical (unpaired) electrons. The summed E-state index contributed by atoms with van der Waals surface area (Å²) in [5.74, 6) is 2.53. The first-order valence-corrected chi connectivity index (χ1v) is 8.24. The van der Waals surface area contributed by atoms with Crippen LogP contribution in [-0.2, 0) is 6.42 Å². The second-order valence-electron chi connectivity index (χ2n) is 7.11. The van der Waals surface area contributed by atoms with Crippen molar-refractivity contribution in [1.29, 1.82) is 0 Å². The van der Waals surface area contributed by atoms with Gasteiger partial charge in [0.1, 0.15) is 0 Å². The molecule has 1 aromatic rings. The van der Waals surface area contributed by atoms with Crippen LogP contribution in [0.4, 0.5) is 0 Å². The van der Waals surface area contributed by atoms with E-state index in [-0.39, 0.29) is 0 Å². The SMILES string of the molecule is CNC1CCC(C(C)C)CC1Cc1cc(C)ccc1C. The molecule has 1 fully saturated rings. The molecule has 0 saturated heterocycles. The average Bonchev–Trinajstić information content (AvgIpc) is 2.42. The number of rotatable bonds is 4. The molecule has 0 amide bonds. The molecule has 112 valence electrons. The van der Waals surface area contributed by atoms with Gasteiger partial charge in [-0.25, -0.2) is 0 Å². The molecule has 2 rings (SSSR count). The van der Waals surface area contributed by atoms with Crippen molar-refractivity contribution in [2.75, 3.05) is 7.05 Å². The summed E-state index contributed by atoms with van der Waals surface area (Å²) in [6.07, 6.45) is 5.36. The minimum absolute atomic E-state index is 0.699. The van der Waals surface area contributed by atoms with Crippen molar-refractivity contribution in [1.82, 2.24) is 5.32 Å². The van der Waals surface area contributed by atoms with E-state index in [1.54, 1.807) is 5.56 Å². The quantitative estimate of drug-likeness (QED) is 0.851. The molecule has 0 bridgehead atoms. The molecule has 1 N–H and O–H groups in total. The predicted octanol–water partition coefficient (Wildman–Crippen LogP) is 4.51. The zero-order valence-corrected chi connectivity index (χ0v) is 13.9. The fourth-order valence-electron chi connectivity index (χ4n) is 3.81. The number of hydrogen-bond acceptors (Lipinski definition) is 1. The van der Waals surface area contributed by atoms with Gasteiger partial charge in [-0.3, -0.25) is 0 Å². The van der Waals surface area contributed by atoms with Gasteiger partial charge < -0.3 is 5.32 Å². The third-order valence-electron chi connectivity index (χ3n) is 5.32. The molecule has 0 aliphatic heterocycles. The molecule has 1 saturated carbocycles. The molecule has 0 spiro atoms. The second kappa shape index (κ2) is 6.76. The Hall–Kier alpha value is -0.820. The highest BCUT2D eigenvalue weighted by Crippen LogP contribution is 2.36. The fraction of sp³-hybridized carbons (Fsp3) is 0.684. The van der Waals surface area contributed by atoms with E-state index in [2.05, 4.69) is 58.3 Å². The highest BCUT2D eigenvalue weighted by atomic mass is 14.9. The Morgan fingerprint density at radius 1 is 1.20 bits per heavy atom. The lowest BCUT2D eigenvalue weighted by Crippen LogP contribution is -2.40. The van der Waals surface area contributed by atoms with Crippen molar-refractivity contribution < 1.29 is 0 Å². The summed E-state index contributed by atoms with van der Waals surface area (Å²) in [6.45, 7) is 9.24. The van der Waals surface area contributed by atoms with Gasteiger partial charge in [0.05, 0.1) is 0 Å². The Morgan fingerprint density at radius 3 is 2.60 bits per heavy atom. The number of hydrogen-bond donors (Lipinski definition) is 1. The van der Waals surface area contributed by atoms with Gasteiger partial charge in [0.2, 0.25) is 0 Å². The number of nitrogens with one attached hydrogen (secondary N) is 1. The molecule has 3 unspecified atom stereocenters. The number of benzene rings is 1. The molecule has 20 heavy (non-hydrogen) atoms. The minimum Gasteiger partial charge on any atom is -0.317 e. The van der Waals surface area contributed by atoms with E-state index in [9.17, 15) is 0 Å². The van der Waals surface area contributed by atoms with Crippen LogP contribution in [0.5, 0.6) is 0 Å². The second-order valence-corrected chi connectivity index (χ2v) is 7.11. The van der Waals surface area contributed by atoms with Crippen LogP contribution in [0.1, 0.15) is 49.8 Å². The van der Waals surface area contributed by atoms with Gasteiger partial charge in [-0.15, -0.1) is 0 Å². The van der Waals surface area contributed by atoms with Crippen LogP contribution in [0, 0.1) is 31.6 Å². The average molecular weight is 273 g/mol. The number of aryl methyl sites for hydroxylation is 2. The summed E-state index contributed by atoms with van der Waals surface area (Å²) in [5, 5.41) is 3.57. The van der Waals surface area contributed by atoms with Crippen LogP contribution in [0.15, 0.2) is 18.2 Å². The summed E-state index contributed by atoms with van der Waals surface area (Å²) in [4.78, 5) is 0. The highest BCUT2D eigenvalue weighted by molar-refractivity contribution is 5.31. The zero-order chi connectivity index (χ0) is 14.7. The van der Waals surface area contributed by atoms with Gasteiger partial charge in [0.25, 0.3) is 0 Å². The first kappa shape index (κ1) is 15.6. The van der Waals surface area contributed by atoms with Gasteiger partial charge in [0, 0.05) is 6.04 Å². The third-order valence-corrected chi connectivity index (χ3v) is 5.32. The summed E-state index contributed by atoms with van der Waals surface area (Å²) in [7, 11) is 2.14. The van der Waals surface area contributed by atoms with Gasteiger partial charge in [-0.1, -0.05) is 37.6 Å². The van der Waals surface area contributed by atoms with Crippen LogP contribution < -0.4 is 5.32 Å². The third kappa shape index (κ3) is 3.63. The largest absolute Gasteiger partial charge is 0.317 e. The van der Waals surface area contributed by atoms with Crippen LogP contribution in [0.2, 0.25) is 0 Å². The monoisotopic (exact) mass is 273 g/mol. The van der Waals surface area contributed by atoms with Crippen LogP contribution in [0.3, 0.4) is 0 Å². The Balaban J connectivity index is 2.13. The van der Waals surface area contributed by atoms with E-state index >= 15 is 0 Å². The fourth-order valence-corrected chi connectivity index (χ4v) is 3.81. The lowest BCUT2D eigenvalue weighted by Gasteiger charge is -2.38. The van der Waals surface area contributed by atoms with E-state index in [4.69, 9.17) is 0 Å². The first-order valence-electron chi connectivity index (χ1n) is 8.24. The molecule has 1 heteroatoms. The van der Waals surface area contributed by atoms with Crippen molar-refractivity contribution in [3.05, 3.63) is 34.9 Å². The van der Waals surface area contributed by atoms with E-state index in [0.717, 1.165) is 17.8 Å². The summed E-state index contributed by atoms with van der Waals surface area (Å²) >= 11 is 0. The van der Waals surface area contributed by atoms with E-state index < -0.39 is 0 Å². The van der Waals surface area contributed by atoms with Crippen molar-refractivity contribution >= 4 is 0 Å². The predicted molar refractivity (Wildman–Crippen MR) is 88.1 cm³/mol. The van der Waals surface area contributed by atoms with Crippen LogP contribution >= 0.6 is 0 Å². The lowest BCUT2D eigenvalue weighted by atomic mass is 9.71. The highest BCUT2D eigenvalue weighted by Gasteiger charge is 2.31. The maximum atomic E-state index is 3.57. The van der Waals surface area contributed by atoms with Crippen molar-refractivity contribution in [3.63, 3.8) is 0 Å². The topological polar surface area (TPSA) is 12.0 Å². The Labute approximate surface area is 125 Å². The van der Waals surface area contributed by atoms with Gasteiger partial charge >= 0.3 is 0 Å². The lowest BCUT2D eigenvalue weighted by molar-refractivity contribution is 0.172. The van der Waals surface area contributed by atoms with E-state index in [1.165, 1.54) is 36.8 Å². The molecule has 1 aliphatic carbocycles. The van der Waals surface area contributed by atoms with Gasteiger partial charge in [-0.2, -0.15) is 0 Å². The Kier molecular flexibility index (Phi) is 5.26. The smallest absolute Gasteiger partial charge is 0.00957 e. The Bertz CT molecular complexity index is 435. The standard InChI is InChI=1S/C19H31N/c1-13(2)16-8-9-19(20-5)18(11-16)12-17-10-14(3)6-7-15(17)4/h6-7,10,13,16,18-20H,8-9,11-12H2,1-5H3. The van der Waals surface area contributed by atoms with Crippen molar-refractivity contribution in [3.8, 4) is 0 Å². The molecule has 1 aromatic carbocycles. The maximum Gasteiger partial charge on any atom is 0.00957 e. The van der Waals surface area contributed by atoms with Crippen LogP contribution in [-0.4, -0.2) is 13.1 Å². The molecule has 0 aromatic heterocycles. The first-order chi connectivity index (χ1) is 9.51. The van der Waals surface area contributed by atoms with Gasteiger partial charge in [-0.05, 0) is 75.5 Å². The van der Waals surface area contributed by atoms with E-state index in [0.29, 0.717) is 6.04 Å². The van der Waals surface area contributed by atoms with Gasteiger partial charge in [0.15, 0.2) is 0 Å². The molecule has 3 atom stereocenters. The summed E-state index contributed by atoms with van der Waals surface area (Å²) < 4.78 is 0. The summed E-state index contributed by atoms with van der Waals surface area (Å²) in [5.41, 5.74) is 4.40. The molecule has 1 nitrogen and oxygen atoms in total. The van der Waals surface area contributed by atoms with Crippen molar-refractivity contribution in [2.45, 2.75) is 59.4 Å². The van der Waals surface area contributed by atoms with E-state index in [1.807, 2.05) is 0 Å². The van der Waals surface area contributed by atoms with Crippen LogP contribution in [0.25, 0.3) is 0 Å². The maximum absolute atomic E-state index is 3.57. The Morgan fingerprint density at radius 2 is 1.95 bits per heavy atom. The molecule has 0 heterocycles. The molecular weight excluding hydrogens is 242 g/mol. The normalized spacial score (nSPS) is 27.0.